The average Bonchev–Trinajstić information content (AvgIpc) is 1.97. The lowest BCUT2D eigenvalue weighted by Gasteiger charge is -2.36. The van der Waals surface area contributed by atoms with Crippen LogP contribution < -0.4 is 0 Å². The van der Waals surface area contributed by atoms with Crippen LogP contribution in [0, 0.1) is 0 Å². The summed E-state index contributed by atoms with van der Waals surface area (Å²) in [4.78, 5) is 0. The second-order valence-corrected chi connectivity index (χ2v) is 5.23. The highest BCUT2D eigenvalue weighted by Gasteiger charge is 2.52. The van der Waals surface area contributed by atoms with Crippen LogP contribution in [-0.2, 0) is 9.31 Å². The minimum atomic E-state index is -2.11. The van der Waals surface area contributed by atoms with Gasteiger partial charge in [0.1, 0.15) is 0 Å². The molecule has 0 saturated carbocycles. The van der Waals surface area contributed by atoms with Gasteiger partial charge in [-0.1, -0.05) is 19.7 Å². The van der Waals surface area contributed by atoms with Crippen LogP contribution in [0.3, 0.4) is 0 Å². The molecular weight excluding hydrogens is 167 g/mol. The molecule has 0 amide bonds. The van der Waals surface area contributed by atoms with Crippen molar-refractivity contribution in [3.63, 3.8) is 0 Å². The van der Waals surface area contributed by atoms with Crippen LogP contribution in [0.15, 0.2) is 0 Å². The van der Waals surface area contributed by atoms with Crippen molar-refractivity contribution in [2.75, 3.05) is 0 Å². The van der Waals surface area contributed by atoms with Crippen molar-refractivity contribution in [2.45, 2.75) is 58.6 Å². The highest BCUT2D eigenvalue weighted by Crippen LogP contribution is 2.44. The molecule has 1 aliphatic rings. The van der Waals surface area contributed by atoms with E-state index in [2.05, 4.69) is 0 Å². The molecule has 1 heterocycles. The summed E-state index contributed by atoms with van der Waals surface area (Å²) in [5.41, 5.74) is -0.877. The first-order chi connectivity index (χ1) is 5.61. The standard InChI is InChI=1S/C9H20BO3/c1-7(2)10(11)12-8(3,4)9(5,6)13-10/h7,11H,1-6H3/q-1. The van der Waals surface area contributed by atoms with E-state index in [1.165, 1.54) is 0 Å². The van der Waals surface area contributed by atoms with Crippen LogP contribution in [-0.4, -0.2) is 23.0 Å². The first kappa shape index (κ1) is 11.0. The average molecular weight is 187 g/mol. The molecule has 4 heteroatoms. The van der Waals surface area contributed by atoms with Gasteiger partial charge in [0, 0.05) is 11.2 Å². The fraction of sp³-hybridized carbons (Fsp3) is 1.00. The Morgan fingerprint density at radius 2 is 1.31 bits per heavy atom. The second kappa shape index (κ2) is 2.72. The van der Waals surface area contributed by atoms with Crippen LogP contribution in [0.2, 0.25) is 5.82 Å². The van der Waals surface area contributed by atoms with Gasteiger partial charge in [-0.05, 0) is 27.7 Å². The minimum absolute atomic E-state index is 0.0129. The Balaban J connectivity index is 2.93. The SMILES string of the molecule is CC(C)[B-]1(O)OC(C)(C)C(C)(C)O1. The summed E-state index contributed by atoms with van der Waals surface area (Å²) in [6.07, 6.45) is 0. The Kier molecular flexibility index (Phi) is 2.30. The van der Waals surface area contributed by atoms with Gasteiger partial charge < -0.3 is 14.3 Å². The fourth-order valence-corrected chi connectivity index (χ4v) is 1.42. The van der Waals surface area contributed by atoms with Gasteiger partial charge in [-0.3, -0.25) is 0 Å². The second-order valence-electron chi connectivity index (χ2n) is 5.23. The van der Waals surface area contributed by atoms with E-state index in [1.807, 2.05) is 41.5 Å². The molecule has 0 aromatic heterocycles. The quantitative estimate of drug-likeness (QED) is 0.637. The molecule has 78 valence electrons. The molecule has 0 spiro atoms. The molecule has 1 N–H and O–H groups in total. The minimum Gasteiger partial charge on any atom is -0.559 e. The highest BCUT2D eigenvalue weighted by atomic mass is 16.8. The molecule has 3 nitrogen and oxygen atoms in total. The summed E-state index contributed by atoms with van der Waals surface area (Å²) < 4.78 is 11.2. The van der Waals surface area contributed by atoms with Crippen LogP contribution in [0.5, 0.6) is 0 Å². The molecule has 13 heavy (non-hydrogen) atoms. The third kappa shape index (κ3) is 1.63. The van der Waals surface area contributed by atoms with Crippen molar-refractivity contribution in [1.82, 2.24) is 0 Å². The van der Waals surface area contributed by atoms with Gasteiger partial charge in [-0.15, -0.1) is 0 Å². The third-order valence-corrected chi connectivity index (χ3v) is 3.22. The summed E-state index contributed by atoms with van der Waals surface area (Å²) in [6.45, 7) is 9.45. The maximum atomic E-state index is 10.1. The maximum Gasteiger partial charge on any atom is 0.380 e. The van der Waals surface area contributed by atoms with Gasteiger partial charge in [0.2, 0.25) is 0 Å². The van der Waals surface area contributed by atoms with Gasteiger partial charge in [-0.25, -0.2) is 0 Å². The lowest BCUT2D eigenvalue weighted by atomic mass is 9.66. The zero-order chi connectivity index (χ0) is 10.5. The van der Waals surface area contributed by atoms with E-state index in [4.69, 9.17) is 9.31 Å². The van der Waals surface area contributed by atoms with Gasteiger partial charge in [-0.2, -0.15) is 0 Å². The van der Waals surface area contributed by atoms with E-state index >= 15 is 0 Å². The summed E-state index contributed by atoms with van der Waals surface area (Å²) in [7, 11) is 0. The van der Waals surface area contributed by atoms with E-state index in [0.29, 0.717) is 0 Å². The van der Waals surface area contributed by atoms with Crippen molar-refractivity contribution in [1.29, 1.82) is 0 Å². The summed E-state index contributed by atoms with van der Waals surface area (Å²) in [5, 5.41) is 10.1. The first-order valence-corrected chi connectivity index (χ1v) is 4.88. The summed E-state index contributed by atoms with van der Waals surface area (Å²) in [5.74, 6) is -0.0129. The molecule has 1 rings (SSSR count). The molecular formula is C9H20BO3-. The Labute approximate surface area is 80.4 Å². The number of rotatable bonds is 1. The Morgan fingerprint density at radius 3 is 1.46 bits per heavy atom. The number of hydrogen-bond acceptors (Lipinski definition) is 3. The lowest BCUT2D eigenvalue weighted by Crippen LogP contribution is -2.42. The Bertz CT molecular complexity index is 195. The van der Waals surface area contributed by atoms with Crippen LogP contribution >= 0.6 is 0 Å². The maximum absolute atomic E-state index is 10.1. The van der Waals surface area contributed by atoms with E-state index < -0.39 is 18.0 Å². The molecule has 0 atom stereocenters. The van der Waals surface area contributed by atoms with E-state index in [0.717, 1.165) is 0 Å². The van der Waals surface area contributed by atoms with Gasteiger partial charge in [0.05, 0.1) is 0 Å². The normalized spacial score (nSPS) is 29.5. The first-order valence-electron chi connectivity index (χ1n) is 4.88. The predicted molar refractivity (Wildman–Crippen MR) is 53.4 cm³/mol. The third-order valence-electron chi connectivity index (χ3n) is 3.22. The zero-order valence-electron chi connectivity index (χ0n) is 9.42. The van der Waals surface area contributed by atoms with Crippen molar-refractivity contribution < 1.29 is 14.3 Å². The van der Waals surface area contributed by atoms with E-state index in [-0.39, 0.29) is 5.82 Å². The van der Waals surface area contributed by atoms with Crippen LogP contribution in [0.4, 0.5) is 0 Å². The molecule has 1 fully saturated rings. The molecule has 0 unspecified atom stereocenters. The van der Waals surface area contributed by atoms with Crippen molar-refractivity contribution >= 4 is 6.75 Å². The molecule has 1 aliphatic heterocycles. The molecule has 1 saturated heterocycles. The van der Waals surface area contributed by atoms with Gasteiger partial charge in [0.15, 0.2) is 0 Å². The summed E-state index contributed by atoms with van der Waals surface area (Å²) in [6, 6.07) is 0. The predicted octanol–water partition coefficient (Wildman–Crippen LogP) is 1.93. The zero-order valence-corrected chi connectivity index (χ0v) is 9.42. The molecule has 0 bridgehead atoms. The van der Waals surface area contributed by atoms with E-state index in [9.17, 15) is 5.02 Å². The number of hydrogen-bond donors (Lipinski definition) is 1. The van der Waals surface area contributed by atoms with Gasteiger partial charge >= 0.3 is 6.75 Å². The van der Waals surface area contributed by atoms with Crippen LogP contribution in [0.1, 0.15) is 41.5 Å². The van der Waals surface area contributed by atoms with Crippen molar-refractivity contribution in [3.05, 3.63) is 0 Å². The van der Waals surface area contributed by atoms with Gasteiger partial charge in [0.25, 0.3) is 0 Å². The molecule has 0 aliphatic carbocycles. The highest BCUT2D eigenvalue weighted by molar-refractivity contribution is 6.61. The fourth-order valence-electron chi connectivity index (χ4n) is 1.42. The lowest BCUT2D eigenvalue weighted by molar-refractivity contribution is 0.00578. The molecule has 0 aromatic carbocycles. The monoisotopic (exact) mass is 187 g/mol. The molecule has 0 aromatic rings. The largest absolute Gasteiger partial charge is 0.559 e. The van der Waals surface area contributed by atoms with Crippen molar-refractivity contribution in [2.24, 2.45) is 0 Å². The molecule has 0 radical (unpaired) electrons. The Hall–Kier alpha value is -0.0551. The van der Waals surface area contributed by atoms with Crippen molar-refractivity contribution in [3.8, 4) is 0 Å². The smallest absolute Gasteiger partial charge is 0.380 e. The van der Waals surface area contributed by atoms with E-state index in [1.54, 1.807) is 0 Å². The van der Waals surface area contributed by atoms with Crippen LogP contribution in [0.25, 0.3) is 0 Å². The Morgan fingerprint density at radius 1 is 1.00 bits per heavy atom. The summed E-state index contributed by atoms with van der Waals surface area (Å²) >= 11 is 0. The topological polar surface area (TPSA) is 38.7 Å².